The smallest absolute Gasteiger partial charge is 0.407 e. The van der Waals surface area contributed by atoms with Crippen molar-refractivity contribution in [1.82, 2.24) is 4.90 Å². The van der Waals surface area contributed by atoms with Crippen LogP contribution in [0.5, 0.6) is 5.75 Å². The van der Waals surface area contributed by atoms with Gasteiger partial charge in [0.05, 0.1) is 12.2 Å². The second-order valence-corrected chi connectivity index (χ2v) is 6.07. The zero-order valence-corrected chi connectivity index (χ0v) is 13.1. The van der Waals surface area contributed by atoms with E-state index in [2.05, 4.69) is 22.6 Å². The van der Waals surface area contributed by atoms with Crippen LogP contribution in [0.25, 0.3) is 0 Å². The summed E-state index contributed by atoms with van der Waals surface area (Å²) in [6, 6.07) is 5.49. The van der Waals surface area contributed by atoms with Crippen LogP contribution in [-0.2, 0) is 0 Å². The molecule has 0 aliphatic carbocycles. The molecule has 0 saturated carbocycles. The molecule has 6 heteroatoms. The van der Waals surface area contributed by atoms with Gasteiger partial charge in [0.25, 0.3) is 0 Å². The molecule has 1 saturated heterocycles. The molecule has 108 valence electrons. The molecule has 2 rings (SSSR count). The maximum Gasteiger partial charge on any atom is 0.407 e. The van der Waals surface area contributed by atoms with E-state index in [0.717, 1.165) is 22.7 Å². The summed E-state index contributed by atoms with van der Waals surface area (Å²) < 4.78 is 6.71. The lowest BCUT2D eigenvalue weighted by Crippen LogP contribution is -2.38. The first-order valence-corrected chi connectivity index (χ1v) is 7.53. The van der Waals surface area contributed by atoms with E-state index >= 15 is 0 Å². The maximum atomic E-state index is 11.0. The van der Waals surface area contributed by atoms with Crippen LogP contribution in [0.15, 0.2) is 18.2 Å². The summed E-state index contributed by atoms with van der Waals surface area (Å²) in [5.41, 5.74) is 0.555. The third kappa shape index (κ3) is 3.84. The van der Waals surface area contributed by atoms with E-state index in [1.165, 1.54) is 4.90 Å². The summed E-state index contributed by atoms with van der Waals surface area (Å²) in [6.07, 6.45) is 1.54. The van der Waals surface area contributed by atoms with Gasteiger partial charge in [0.1, 0.15) is 5.75 Å². The molecule has 1 aromatic carbocycles. The highest BCUT2D eigenvalue weighted by molar-refractivity contribution is 14.1. The fourth-order valence-electron chi connectivity index (χ4n) is 2.24. The van der Waals surface area contributed by atoms with Crippen LogP contribution in [0, 0.1) is 9.49 Å². The summed E-state index contributed by atoms with van der Waals surface area (Å²) in [5.74, 6) is 0.936. The van der Waals surface area contributed by atoms with Gasteiger partial charge >= 0.3 is 6.09 Å². The van der Waals surface area contributed by atoms with Crippen molar-refractivity contribution in [1.29, 1.82) is 0 Å². The Morgan fingerprint density at radius 1 is 1.45 bits per heavy atom. The third-order valence-electron chi connectivity index (χ3n) is 3.46. The number of halogens is 1. The van der Waals surface area contributed by atoms with E-state index < -0.39 is 6.09 Å². The monoisotopic (exact) mass is 389 g/mol. The Balaban J connectivity index is 1.87. The maximum absolute atomic E-state index is 11.0. The molecule has 1 fully saturated rings. The van der Waals surface area contributed by atoms with Crippen molar-refractivity contribution < 1.29 is 19.4 Å². The van der Waals surface area contributed by atoms with E-state index in [1.54, 1.807) is 12.1 Å². The van der Waals surface area contributed by atoms with Crippen LogP contribution < -0.4 is 4.74 Å². The lowest BCUT2D eigenvalue weighted by Gasteiger charge is -2.29. The van der Waals surface area contributed by atoms with Crippen molar-refractivity contribution >= 4 is 35.0 Å². The Labute approximate surface area is 131 Å². The van der Waals surface area contributed by atoms with E-state index in [4.69, 9.17) is 9.84 Å². The molecule has 1 heterocycles. The van der Waals surface area contributed by atoms with Crippen LogP contribution in [0.2, 0.25) is 0 Å². The lowest BCUT2D eigenvalue weighted by molar-refractivity contribution is 0.108. The molecule has 0 bridgehead atoms. The van der Waals surface area contributed by atoms with Gasteiger partial charge in [0.2, 0.25) is 0 Å². The van der Waals surface area contributed by atoms with Crippen molar-refractivity contribution in [2.45, 2.75) is 12.8 Å². The minimum atomic E-state index is -0.856. The number of hydrogen-bond acceptors (Lipinski definition) is 3. The average Bonchev–Trinajstić information content (AvgIpc) is 2.46. The van der Waals surface area contributed by atoms with Gasteiger partial charge in [-0.15, -0.1) is 0 Å². The predicted octanol–water partition coefficient (Wildman–Crippen LogP) is 2.87. The van der Waals surface area contributed by atoms with Gasteiger partial charge in [-0.1, -0.05) is 0 Å². The molecule has 1 N–H and O–H groups in total. The normalized spacial score (nSPS) is 15.9. The molecule has 0 unspecified atom stereocenters. The predicted molar refractivity (Wildman–Crippen MR) is 82.4 cm³/mol. The zero-order chi connectivity index (χ0) is 14.5. The van der Waals surface area contributed by atoms with E-state index in [1.807, 2.05) is 6.07 Å². The fraction of sp³-hybridized carbons (Fsp3) is 0.429. The second-order valence-electron chi connectivity index (χ2n) is 4.82. The number of hydrogen-bond donors (Lipinski definition) is 1. The van der Waals surface area contributed by atoms with Crippen LogP contribution in [0.4, 0.5) is 4.79 Å². The van der Waals surface area contributed by atoms with Gasteiger partial charge in [-0.25, -0.2) is 4.79 Å². The molecule has 0 spiro atoms. The van der Waals surface area contributed by atoms with Gasteiger partial charge in [-0.2, -0.15) is 0 Å². The van der Waals surface area contributed by atoms with Crippen molar-refractivity contribution in [3.63, 3.8) is 0 Å². The van der Waals surface area contributed by atoms with Crippen molar-refractivity contribution in [2.24, 2.45) is 5.92 Å². The zero-order valence-electron chi connectivity index (χ0n) is 10.9. The molecular weight excluding hydrogens is 373 g/mol. The molecule has 0 radical (unpaired) electrons. The third-order valence-corrected chi connectivity index (χ3v) is 4.13. The van der Waals surface area contributed by atoms with Crippen LogP contribution in [0.1, 0.15) is 23.2 Å². The summed E-state index contributed by atoms with van der Waals surface area (Å²) in [4.78, 5) is 23.2. The molecule has 1 aliphatic rings. The van der Waals surface area contributed by atoms with Crippen LogP contribution in [-0.4, -0.2) is 42.1 Å². The number of likely N-dealkylation sites (tertiary alicyclic amines) is 1. The lowest BCUT2D eigenvalue weighted by atomic mass is 9.98. The largest absolute Gasteiger partial charge is 0.493 e. The molecule has 0 atom stereocenters. The number of amides is 1. The first-order chi connectivity index (χ1) is 9.60. The van der Waals surface area contributed by atoms with Crippen molar-refractivity contribution in [3.8, 4) is 5.75 Å². The summed E-state index contributed by atoms with van der Waals surface area (Å²) in [5, 5.41) is 8.88. The Bertz CT molecular complexity index is 498. The number of carbonyl (C=O) groups excluding carboxylic acids is 1. The molecule has 5 nitrogen and oxygen atoms in total. The molecule has 1 aromatic rings. The number of carbonyl (C=O) groups is 2. The summed E-state index contributed by atoms with van der Waals surface area (Å²) in [6.45, 7) is 1.63. The second kappa shape index (κ2) is 6.92. The highest BCUT2D eigenvalue weighted by atomic mass is 127. The Kier molecular flexibility index (Phi) is 5.22. The Morgan fingerprint density at radius 2 is 2.15 bits per heavy atom. The number of nitrogens with zero attached hydrogens (tertiary/aromatic N) is 1. The van der Waals surface area contributed by atoms with E-state index in [0.29, 0.717) is 36.9 Å². The van der Waals surface area contributed by atoms with Gasteiger partial charge in [0.15, 0.2) is 6.29 Å². The highest BCUT2D eigenvalue weighted by Gasteiger charge is 2.22. The standard InChI is InChI=1S/C14H16INO4/c15-12-1-2-13(11(7-12)8-17)20-9-10-3-5-16(6-4-10)14(18)19/h1-2,7-8,10H,3-6,9H2,(H,18,19). The fourth-order valence-corrected chi connectivity index (χ4v) is 2.76. The summed E-state index contributed by atoms with van der Waals surface area (Å²) >= 11 is 2.15. The number of benzene rings is 1. The number of piperidine rings is 1. The minimum absolute atomic E-state index is 0.337. The topological polar surface area (TPSA) is 66.8 Å². The van der Waals surface area contributed by atoms with Crippen molar-refractivity contribution in [2.75, 3.05) is 19.7 Å². The van der Waals surface area contributed by atoms with E-state index in [9.17, 15) is 9.59 Å². The number of rotatable bonds is 4. The minimum Gasteiger partial charge on any atom is -0.493 e. The SMILES string of the molecule is O=Cc1cc(I)ccc1OCC1CCN(C(=O)O)CC1. The van der Waals surface area contributed by atoms with Gasteiger partial charge in [0, 0.05) is 16.7 Å². The van der Waals surface area contributed by atoms with Crippen LogP contribution in [0.3, 0.4) is 0 Å². The molecular formula is C14H16INO4. The Morgan fingerprint density at radius 3 is 2.75 bits per heavy atom. The summed E-state index contributed by atoms with van der Waals surface area (Å²) in [7, 11) is 0. The number of aldehydes is 1. The molecule has 1 aliphatic heterocycles. The quantitative estimate of drug-likeness (QED) is 0.636. The van der Waals surface area contributed by atoms with Gasteiger partial charge in [-0.05, 0) is 59.5 Å². The average molecular weight is 389 g/mol. The molecule has 20 heavy (non-hydrogen) atoms. The first-order valence-electron chi connectivity index (χ1n) is 6.45. The van der Waals surface area contributed by atoms with E-state index in [-0.39, 0.29) is 0 Å². The number of ether oxygens (including phenoxy) is 1. The number of carboxylic acid groups (broad SMARTS) is 1. The highest BCUT2D eigenvalue weighted by Crippen LogP contribution is 2.23. The first kappa shape index (κ1) is 15.1. The molecule has 1 amide bonds. The van der Waals surface area contributed by atoms with Gasteiger partial charge in [-0.3, -0.25) is 4.79 Å². The van der Waals surface area contributed by atoms with Gasteiger partial charge < -0.3 is 14.7 Å². The molecule has 0 aromatic heterocycles. The Hall–Kier alpha value is -1.31. The van der Waals surface area contributed by atoms with Crippen LogP contribution >= 0.6 is 22.6 Å². The van der Waals surface area contributed by atoms with Crippen molar-refractivity contribution in [3.05, 3.63) is 27.3 Å².